The minimum atomic E-state index is -1.33. The fourth-order valence-corrected chi connectivity index (χ4v) is 5.29. The first-order chi connectivity index (χ1) is 15.2. The van der Waals surface area contributed by atoms with E-state index in [-0.39, 0.29) is 10.9 Å². The number of rotatable bonds is 11. The smallest absolute Gasteiger partial charge is 0.146 e. The zero-order valence-corrected chi connectivity index (χ0v) is 20.1. The van der Waals surface area contributed by atoms with Crippen molar-refractivity contribution in [3.8, 4) is 6.07 Å². The van der Waals surface area contributed by atoms with Gasteiger partial charge in [-0.2, -0.15) is 5.26 Å². The number of nitrogens with two attached hydrogens (primary N) is 1. The van der Waals surface area contributed by atoms with E-state index < -0.39 is 22.7 Å². The number of hydrogen-bond donors (Lipinski definition) is 2. The summed E-state index contributed by atoms with van der Waals surface area (Å²) < 4.78 is 31.0. The van der Waals surface area contributed by atoms with Crippen molar-refractivity contribution >= 4 is 17.0 Å². The van der Waals surface area contributed by atoms with Crippen molar-refractivity contribution in [1.82, 2.24) is 4.72 Å². The molecule has 0 radical (unpaired) electrons. The number of nitriles is 1. The summed E-state index contributed by atoms with van der Waals surface area (Å²) in [4.78, 5) is 0. The lowest BCUT2D eigenvalue weighted by molar-refractivity contribution is 0.403. The fourth-order valence-electron chi connectivity index (χ4n) is 4.06. The van der Waals surface area contributed by atoms with Crippen LogP contribution >= 0.6 is 0 Å². The Hall–Kier alpha value is -2.07. The van der Waals surface area contributed by atoms with Crippen LogP contribution in [0, 0.1) is 29.0 Å². The van der Waals surface area contributed by atoms with Gasteiger partial charge < -0.3 is 10.3 Å². The number of hydrogen-bond acceptors (Lipinski definition) is 4. The molecule has 2 unspecified atom stereocenters. The predicted molar refractivity (Wildman–Crippen MR) is 130 cm³/mol. The van der Waals surface area contributed by atoms with Gasteiger partial charge in [0.15, 0.2) is 0 Å². The van der Waals surface area contributed by atoms with Crippen molar-refractivity contribution < 1.29 is 8.94 Å². The van der Waals surface area contributed by atoms with E-state index >= 15 is 0 Å². The Morgan fingerprint density at radius 1 is 1.19 bits per heavy atom. The number of anilines is 1. The molecule has 3 atom stereocenters. The van der Waals surface area contributed by atoms with Gasteiger partial charge in [0.25, 0.3) is 0 Å². The standard InChI is InChI=1S/C26H34FN3OS/c1-18(2)7-8-19(3)32(31)30-26(14-13-20-9-10-20,22-6-4-5-21(15-22)17-28)23-11-12-24(27)25(29)16-23/h4-6,11-12,15-16,18-20,30H,7-10,13-14,29H2,1-3H3/t19-,26?,32?/m1/s1. The van der Waals surface area contributed by atoms with Gasteiger partial charge in [0, 0.05) is 11.4 Å². The SMILES string of the molecule is CC(C)CC[C@@H](C)[S+]([O-])NC(CCC1CC1)(c1cccc(C#N)c1)c1ccc(F)c(N)c1. The van der Waals surface area contributed by atoms with Crippen molar-refractivity contribution in [1.29, 1.82) is 5.26 Å². The first-order valence-corrected chi connectivity index (χ1v) is 12.7. The van der Waals surface area contributed by atoms with Gasteiger partial charge >= 0.3 is 0 Å². The van der Waals surface area contributed by atoms with Crippen LogP contribution in [-0.2, 0) is 16.9 Å². The minimum absolute atomic E-state index is 0.0466. The molecule has 2 aromatic carbocycles. The summed E-state index contributed by atoms with van der Waals surface area (Å²) in [6.45, 7) is 6.33. The largest absolute Gasteiger partial charge is 0.598 e. The molecule has 1 aliphatic carbocycles. The van der Waals surface area contributed by atoms with Crippen LogP contribution in [-0.4, -0.2) is 9.80 Å². The topological polar surface area (TPSA) is 84.9 Å². The zero-order valence-electron chi connectivity index (χ0n) is 19.2. The van der Waals surface area contributed by atoms with Crippen molar-refractivity contribution in [3.63, 3.8) is 0 Å². The van der Waals surface area contributed by atoms with E-state index in [0.717, 1.165) is 30.4 Å². The Bertz CT molecular complexity index is 956. The third-order valence-corrected chi connectivity index (χ3v) is 7.90. The number of nitrogens with zero attached hydrogens (tertiary/aromatic N) is 1. The Balaban J connectivity index is 2.06. The van der Waals surface area contributed by atoms with Crippen LogP contribution in [0.1, 0.15) is 76.0 Å². The second-order valence-electron chi connectivity index (χ2n) is 9.50. The molecule has 0 aromatic heterocycles. The summed E-state index contributed by atoms with van der Waals surface area (Å²) in [7, 11) is 0. The Morgan fingerprint density at radius 3 is 2.53 bits per heavy atom. The monoisotopic (exact) mass is 455 g/mol. The summed E-state index contributed by atoms with van der Waals surface area (Å²) in [5.41, 5.74) is 7.36. The molecule has 0 saturated heterocycles. The molecule has 6 heteroatoms. The molecule has 0 amide bonds. The first-order valence-electron chi connectivity index (χ1n) is 11.5. The Kier molecular flexibility index (Phi) is 8.21. The lowest BCUT2D eigenvalue weighted by Gasteiger charge is -2.37. The lowest BCUT2D eigenvalue weighted by Crippen LogP contribution is -2.49. The van der Waals surface area contributed by atoms with E-state index in [1.165, 1.54) is 18.9 Å². The van der Waals surface area contributed by atoms with Gasteiger partial charge in [-0.1, -0.05) is 44.9 Å². The molecule has 1 aliphatic rings. The van der Waals surface area contributed by atoms with Crippen LogP contribution in [0.5, 0.6) is 0 Å². The Labute approximate surface area is 194 Å². The van der Waals surface area contributed by atoms with Gasteiger partial charge in [0.2, 0.25) is 0 Å². The Morgan fingerprint density at radius 2 is 1.91 bits per heavy atom. The minimum Gasteiger partial charge on any atom is -0.598 e. The van der Waals surface area contributed by atoms with E-state index in [1.54, 1.807) is 18.2 Å². The average molecular weight is 456 g/mol. The normalized spacial score (nSPS) is 17.5. The molecule has 0 bridgehead atoms. The second-order valence-corrected chi connectivity index (χ2v) is 11.1. The molecule has 3 N–H and O–H groups in total. The molecule has 2 aromatic rings. The highest BCUT2D eigenvalue weighted by atomic mass is 32.2. The van der Waals surface area contributed by atoms with Crippen LogP contribution in [0.25, 0.3) is 0 Å². The highest BCUT2D eigenvalue weighted by Gasteiger charge is 2.41. The van der Waals surface area contributed by atoms with Crippen LogP contribution in [0.3, 0.4) is 0 Å². The summed E-state index contributed by atoms with van der Waals surface area (Å²) in [5, 5.41) is 9.45. The molecule has 32 heavy (non-hydrogen) atoms. The summed E-state index contributed by atoms with van der Waals surface area (Å²) in [6.07, 6.45) is 5.90. The van der Waals surface area contributed by atoms with E-state index in [2.05, 4.69) is 24.6 Å². The summed E-state index contributed by atoms with van der Waals surface area (Å²) in [5.74, 6) is 0.722. The second kappa shape index (κ2) is 10.7. The summed E-state index contributed by atoms with van der Waals surface area (Å²) >= 11 is -1.33. The van der Waals surface area contributed by atoms with Crippen molar-refractivity contribution in [3.05, 3.63) is 65.0 Å². The average Bonchev–Trinajstić information content (AvgIpc) is 3.61. The molecule has 0 heterocycles. The number of benzene rings is 2. The molecule has 0 aliphatic heterocycles. The van der Waals surface area contributed by atoms with E-state index in [9.17, 15) is 14.2 Å². The molecule has 3 rings (SSSR count). The molecule has 1 saturated carbocycles. The maximum Gasteiger partial charge on any atom is 0.146 e. The third kappa shape index (κ3) is 6.04. The third-order valence-electron chi connectivity index (χ3n) is 6.39. The van der Waals surface area contributed by atoms with Crippen LogP contribution in [0.15, 0.2) is 42.5 Å². The van der Waals surface area contributed by atoms with Gasteiger partial charge in [-0.25, -0.2) is 4.39 Å². The number of halogens is 1. The van der Waals surface area contributed by atoms with Crippen LogP contribution < -0.4 is 10.5 Å². The predicted octanol–water partition coefficient (Wildman–Crippen LogP) is 5.79. The van der Waals surface area contributed by atoms with Gasteiger partial charge in [-0.15, -0.1) is 4.72 Å². The highest BCUT2D eigenvalue weighted by Crippen LogP contribution is 2.42. The van der Waals surface area contributed by atoms with E-state index in [4.69, 9.17) is 5.73 Å². The van der Waals surface area contributed by atoms with Gasteiger partial charge in [-0.05, 0) is 79.8 Å². The van der Waals surface area contributed by atoms with Crippen LogP contribution in [0.4, 0.5) is 10.1 Å². The fraction of sp³-hybridized carbons (Fsp3) is 0.500. The van der Waals surface area contributed by atoms with Crippen molar-refractivity contribution in [2.45, 2.75) is 70.1 Å². The van der Waals surface area contributed by atoms with E-state index in [0.29, 0.717) is 23.8 Å². The van der Waals surface area contributed by atoms with Crippen molar-refractivity contribution in [2.75, 3.05) is 5.73 Å². The molecule has 172 valence electrons. The van der Waals surface area contributed by atoms with Crippen LogP contribution in [0.2, 0.25) is 0 Å². The van der Waals surface area contributed by atoms with Gasteiger partial charge in [0.05, 0.1) is 17.3 Å². The maximum absolute atomic E-state index is 14.1. The maximum atomic E-state index is 14.1. The van der Waals surface area contributed by atoms with Gasteiger partial charge in [0.1, 0.15) is 16.6 Å². The van der Waals surface area contributed by atoms with Crippen molar-refractivity contribution in [2.24, 2.45) is 11.8 Å². The number of nitrogens with one attached hydrogen (secondary N) is 1. The summed E-state index contributed by atoms with van der Waals surface area (Å²) in [6, 6.07) is 14.4. The number of nitrogen functional groups attached to an aromatic ring is 1. The highest BCUT2D eigenvalue weighted by molar-refractivity contribution is 7.90. The quantitative estimate of drug-likeness (QED) is 0.332. The molecule has 4 nitrogen and oxygen atoms in total. The first kappa shape index (κ1) is 24.6. The van der Waals surface area contributed by atoms with E-state index in [1.807, 2.05) is 25.1 Å². The lowest BCUT2D eigenvalue weighted by atomic mass is 9.79. The molecule has 1 fully saturated rings. The molecule has 0 spiro atoms. The molecular formula is C26H34FN3OS. The molecular weight excluding hydrogens is 421 g/mol. The zero-order chi connectivity index (χ0) is 23.3. The van der Waals surface area contributed by atoms with Gasteiger partial charge in [-0.3, -0.25) is 0 Å².